The lowest BCUT2D eigenvalue weighted by atomic mass is 9.63. The Balaban J connectivity index is 1.51. The minimum absolute atomic E-state index is 0.102. The van der Waals surface area contributed by atoms with E-state index < -0.39 is 5.97 Å². The predicted octanol–water partition coefficient (Wildman–Crippen LogP) is 2.17. The number of imide groups is 1. The maximum Gasteiger partial charge on any atom is 0.308 e. The molecule has 0 unspecified atom stereocenters. The Bertz CT molecular complexity index is 777. The standard InChI is InChI=1S/C19H17NO4/c1-9(21)24-11-4-2-3-10(7-11)20-18(22)16-12-5-6-13(15-8-14(12)15)17(16)19(20)23/h2-7,12-17H,8H2,1H3/t12-,13-,14-,15-,16+,17+/m1/s1. The topological polar surface area (TPSA) is 63.7 Å². The molecule has 0 radical (unpaired) electrons. The van der Waals surface area contributed by atoms with E-state index in [1.165, 1.54) is 11.8 Å². The molecule has 2 saturated carbocycles. The zero-order chi connectivity index (χ0) is 16.6. The third-order valence-corrected chi connectivity index (χ3v) is 6.00. The number of allylic oxidation sites excluding steroid dienone is 2. The van der Waals surface area contributed by atoms with Crippen LogP contribution in [0.1, 0.15) is 13.3 Å². The first-order chi connectivity index (χ1) is 11.6. The molecule has 5 aliphatic rings. The molecule has 1 saturated heterocycles. The average molecular weight is 323 g/mol. The SMILES string of the molecule is CC(=O)Oc1cccc(N2C(=O)[C@H]3[C@@H]4C=C[C@H]([C@H]5C[C@H]45)[C@@H]3C2=O)c1. The number of carbonyl (C=O) groups is 3. The third-order valence-electron chi connectivity index (χ3n) is 6.00. The van der Waals surface area contributed by atoms with Gasteiger partial charge in [-0.3, -0.25) is 14.4 Å². The van der Waals surface area contributed by atoms with Gasteiger partial charge in [-0.25, -0.2) is 4.90 Å². The van der Waals surface area contributed by atoms with Crippen molar-refractivity contribution in [3.05, 3.63) is 36.4 Å². The number of esters is 1. The summed E-state index contributed by atoms with van der Waals surface area (Å²) in [6.45, 7) is 1.32. The van der Waals surface area contributed by atoms with Crippen LogP contribution in [0.2, 0.25) is 0 Å². The molecule has 5 nitrogen and oxygen atoms in total. The van der Waals surface area contributed by atoms with Gasteiger partial charge in [-0.15, -0.1) is 0 Å². The summed E-state index contributed by atoms with van der Waals surface area (Å²) in [7, 11) is 0. The molecule has 2 bridgehead atoms. The maximum atomic E-state index is 13.0. The van der Waals surface area contributed by atoms with Gasteiger partial charge in [-0.05, 0) is 42.2 Å². The van der Waals surface area contributed by atoms with Gasteiger partial charge >= 0.3 is 5.97 Å². The van der Waals surface area contributed by atoms with Gasteiger partial charge in [0.05, 0.1) is 17.5 Å². The van der Waals surface area contributed by atoms with Crippen molar-refractivity contribution in [1.82, 2.24) is 0 Å². The summed E-state index contributed by atoms with van der Waals surface area (Å²) in [4.78, 5) is 38.4. The molecule has 122 valence electrons. The van der Waals surface area contributed by atoms with E-state index >= 15 is 0 Å². The molecule has 6 rings (SSSR count). The highest BCUT2D eigenvalue weighted by Crippen LogP contribution is 2.65. The van der Waals surface area contributed by atoms with Crippen molar-refractivity contribution in [2.75, 3.05) is 4.90 Å². The van der Waals surface area contributed by atoms with Gasteiger partial charge in [0, 0.05) is 13.0 Å². The van der Waals surface area contributed by atoms with Gasteiger partial charge < -0.3 is 4.74 Å². The molecule has 1 aromatic carbocycles. The number of amides is 2. The van der Waals surface area contributed by atoms with Crippen molar-refractivity contribution in [2.24, 2.45) is 35.5 Å². The van der Waals surface area contributed by atoms with Crippen LogP contribution in [-0.2, 0) is 14.4 Å². The monoisotopic (exact) mass is 323 g/mol. The van der Waals surface area contributed by atoms with E-state index in [1.807, 2.05) is 0 Å². The fraction of sp³-hybridized carbons (Fsp3) is 0.421. The van der Waals surface area contributed by atoms with Crippen LogP contribution < -0.4 is 9.64 Å². The third kappa shape index (κ3) is 1.72. The number of carbonyl (C=O) groups excluding carboxylic acids is 3. The van der Waals surface area contributed by atoms with Crippen molar-refractivity contribution in [3.63, 3.8) is 0 Å². The maximum absolute atomic E-state index is 13.0. The molecule has 1 heterocycles. The molecule has 0 spiro atoms. The normalized spacial score (nSPS) is 38.1. The van der Waals surface area contributed by atoms with Crippen LogP contribution in [0.3, 0.4) is 0 Å². The van der Waals surface area contributed by atoms with Gasteiger partial charge in [-0.2, -0.15) is 0 Å². The highest BCUT2D eigenvalue weighted by atomic mass is 16.5. The number of anilines is 1. The van der Waals surface area contributed by atoms with Crippen molar-refractivity contribution >= 4 is 23.5 Å². The highest BCUT2D eigenvalue weighted by Gasteiger charge is 2.67. The second kappa shape index (κ2) is 4.56. The molecule has 24 heavy (non-hydrogen) atoms. The van der Waals surface area contributed by atoms with Crippen LogP contribution in [0.15, 0.2) is 36.4 Å². The zero-order valence-corrected chi connectivity index (χ0v) is 13.2. The van der Waals surface area contributed by atoms with Crippen molar-refractivity contribution in [1.29, 1.82) is 0 Å². The second-order valence-electron chi connectivity index (χ2n) is 7.26. The van der Waals surface area contributed by atoms with Gasteiger partial charge in [0.25, 0.3) is 0 Å². The van der Waals surface area contributed by atoms with E-state index in [0.29, 0.717) is 23.3 Å². The van der Waals surface area contributed by atoms with E-state index in [9.17, 15) is 14.4 Å². The van der Waals surface area contributed by atoms with Crippen molar-refractivity contribution in [3.8, 4) is 5.75 Å². The molecule has 1 aliphatic heterocycles. The Kier molecular flexibility index (Phi) is 2.65. The summed E-state index contributed by atoms with van der Waals surface area (Å²) in [6, 6.07) is 6.64. The predicted molar refractivity (Wildman–Crippen MR) is 84.9 cm³/mol. The summed E-state index contributed by atoms with van der Waals surface area (Å²) in [5, 5.41) is 0. The van der Waals surface area contributed by atoms with Gasteiger partial charge in [-0.1, -0.05) is 18.2 Å². The van der Waals surface area contributed by atoms with E-state index in [-0.39, 0.29) is 35.5 Å². The Morgan fingerprint density at radius 2 is 1.71 bits per heavy atom. The lowest BCUT2D eigenvalue weighted by Gasteiger charge is -2.37. The fourth-order valence-electron chi connectivity index (χ4n) is 5.06. The molecule has 0 aromatic heterocycles. The number of hydrogen-bond donors (Lipinski definition) is 0. The van der Waals surface area contributed by atoms with E-state index in [4.69, 9.17) is 4.74 Å². The minimum Gasteiger partial charge on any atom is -0.427 e. The van der Waals surface area contributed by atoms with Gasteiger partial charge in [0.15, 0.2) is 0 Å². The van der Waals surface area contributed by atoms with Crippen molar-refractivity contribution < 1.29 is 19.1 Å². The Hall–Kier alpha value is -2.43. The number of hydrogen-bond acceptors (Lipinski definition) is 4. The molecule has 4 aliphatic carbocycles. The van der Waals surface area contributed by atoms with Crippen LogP contribution >= 0.6 is 0 Å². The largest absolute Gasteiger partial charge is 0.427 e. The second-order valence-corrected chi connectivity index (χ2v) is 7.26. The molecule has 6 atom stereocenters. The molecular weight excluding hydrogens is 306 g/mol. The van der Waals surface area contributed by atoms with Crippen molar-refractivity contribution in [2.45, 2.75) is 13.3 Å². The number of nitrogens with zero attached hydrogens (tertiary/aromatic N) is 1. The first kappa shape index (κ1) is 14.0. The summed E-state index contributed by atoms with van der Waals surface area (Å²) >= 11 is 0. The number of rotatable bonds is 2. The lowest BCUT2D eigenvalue weighted by molar-refractivity contribution is -0.132. The van der Waals surface area contributed by atoms with Gasteiger partial charge in [0.1, 0.15) is 5.75 Å². The summed E-state index contributed by atoms with van der Waals surface area (Å²) in [5.74, 6) is 0.884. The summed E-state index contributed by atoms with van der Waals surface area (Å²) in [6.07, 6.45) is 5.46. The van der Waals surface area contributed by atoms with Crippen LogP contribution in [0, 0.1) is 35.5 Å². The molecule has 2 amide bonds. The fourth-order valence-corrected chi connectivity index (χ4v) is 5.06. The molecule has 1 aromatic rings. The van der Waals surface area contributed by atoms with E-state index in [2.05, 4.69) is 12.2 Å². The summed E-state index contributed by atoms with van der Waals surface area (Å²) in [5.41, 5.74) is 0.492. The Labute approximate surface area is 139 Å². The first-order valence-electron chi connectivity index (χ1n) is 8.41. The quantitative estimate of drug-likeness (QED) is 0.362. The zero-order valence-electron chi connectivity index (χ0n) is 13.2. The van der Waals surface area contributed by atoms with E-state index in [0.717, 1.165) is 6.42 Å². The number of ether oxygens (including phenoxy) is 1. The smallest absolute Gasteiger partial charge is 0.308 e. The van der Waals surface area contributed by atoms with Crippen LogP contribution in [0.4, 0.5) is 5.69 Å². The molecule has 3 fully saturated rings. The van der Waals surface area contributed by atoms with Crippen LogP contribution in [0.5, 0.6) is 5.75 Å². The van der Waals surface area contributed by atoms with Crippen LogP contribution in [-0.4, -0.2) is 17.8 Å². The molecule has 5 heteroatoms. The van der Waals surface area contributed by atoms with Gasteiger partial charge in [0.2, 0.25) is 11.8 Å². The average Bonchev–Trinajstić information content (AvgIpc) is 3.31. The van der Waals surface area contributed by atoms with E-state index in [1.54, 1.807) is 24.3 Å². The Morgan fingerprint density at radius 3 is 2.29 bits per heavy atom. The minimum atomic E-state index is -0.428. The number of benzene rings is 1. The highest BCUT2D eigenvalue weighted by molar-refractivity contribution is 6.22. The van der Waals surface area contributed by atoms with Crippen LogP contribution in [0.25, 0.3) is 0 Å². The first-order valence-corrected chi connectivity index (χ1v) is 8.41. The molecular formula is C19H17NO4. The lowest BCUT2D eigenvalue weighted by Crippen LogP contribution is -2.40. The summed E-state index contributed by atoms with van der Waals surface area (Å²) < 4.78 is 5.08. The Morgan fingerprint density at radius 1 is 1.08 bits per heavy atom. The molecule has 0 N–H and O–H groups in total.